The maximum Gasteiger partial charge on any atom is 0.126 e. The molecule has 4 rings (SSSR count). The van der Waals surface area contributed by atoms with Crippen LogP contribution in [-0.2, 0) is 6.54 Å². The first-order valence-corrected chi connectivity index (χ1v) is 10.1. The summed E-state index contributed by atoms with van der Waals surface area (Å²) in [4.78, 5) is 2.57. The van der Waals surface area contributed by atoms with E-state index in [1.807, 2.05) is 12.1 Å². The minimum atomic E-state index is 0. The molecule has 29 heavy (non-hydrogen) atoms. The van der Waals surface area contributed by atoms with Gasteiger partial charge in [0.1, 0.15) is 5.75 Å². The van der Waals surface area contributed by atoms with E-state index in [1.54, 1.807) is 7.11 Å². The minimum absolute atomic E-state index is 0. The number of para-hydroxylation sites is 1. The number of ether oxygens (including phenoxy) is 1. The second kappa shape index (κ2) is 9.59. The Morgan fingerprint density at radius 2 is 1.62 bits per heavy atom. The van der Waals surface area contributed by atoms with Gasteiger partial charge in [0.05, 0.1) is 18.8 Å². The van der Waals surface area contributed by atoms with Crippen molar-refractivity contribution in [2.75, 3.05) is 20.2 Å². The second-order valence-corrected chi connectivity index (χ2v) is 7.74. The zero-order chi connectivity index (χ0) is 19.5. The van der Waals surface area contributed by atoms with Crippen molar-refractivity contribution in [3.05, 3.63) is 71.5 Å². The van der Waals surface area contributed by atoms with E-state index < -0.39 is 0 Å². The molecule has 5 heteroatoms. The molecule has 0 aliphatic carbocycles. The van der Waals surface area contributed by atoms with Gasteiger partial charge < -0.3 is 4.74 Å². The number of benzene rings is 2. The van der Waals surface area contributed by atoms with Crippen molar-refractivity contribution in [2.45, 2.75) is 39.3 Å². The number of hydrogen-bond donors (Lipinski definition) is 0. The first kappa shape index (κ1) is 21.6. The maximum atomic E-state index is 5.60. The van der Waals surface area contributed by atoms with E-state index in [-0.39, 0.29) is 17.0 Å². The van der Waals surface area contributed by atoms with Gasteiger partial charge in [0.15, 0.2) is 0 Å². The normalized spacial score (nSPS) is 15.1. The number of aromatic nitrogens is 2. The minimum Gasteiger partial charge on any atom is -0.496 e. The standard InChI is InChI=1S/C24H29N3O.BrH/c1-18-16-19(2)27(25-18)21-12-14-26(15-13-21)17-20-8-4-5-9-22(20)23-10-6-7-11-24(23)28-3;/h4-11,16,21H,12-15,17H2,1-3H3;1H. The quantitative estimate of drug-likeness (QED) is 0.502. The van der Waals surface area contributed by atoms with E-state index in [4.69, 9.17) is 9.84 Å². The number of aryl methyl sites for hydroxylation is 2. The SMILES string of the molecule is Br.COc1ccccc1-c1ccccc1CN1CCC(n2nc(C)cc2C)CC1. The number of likely N-dealkylation sites (tertiary alicyclic amines) is 1. The molecular weight excluding hydrogens is 426 g/mol. The van der Waals surface area contributed by atoms with E-state index in [0.29, 0.717) is 6.04 Å². The molecule has 0 radical (unpaired) electrons. The Morgan fingerprint density at radius 1 is 0.966 bits per heavy atom. The van der Waals surface area contributed by atoms with Gasteiger partial charge in [-0.25, -0.2) is 0 Å². The molecule has 1 aliphatic heterocycles. The maximum absolute atomic E-state index is 5.60. The van der Waals surface area contributed by atoms with Gasteiger partial charge in [-0.05, 0) is 49.9 Å². The molecule has 2 heterocycles. The lowest BCUT2D eigenvalue weighted by Gasteiger charge is -2.33. The zero-order valence-corrected chi connectivity index (χ0v) is 19.2. The summed E-state index contributed by atoms with van der Waals surface area (Å²) in [6.07, 6.45) is 2.30. The molecule has 0 atom stereocenters. The Bertz CT molecular complexity index is 945. The van der Waals surface area contributed by atoms with Gasteiger partial charge in [-0.3, -0.25) is 9.58 Å². The molecule has 3 aromatic rings. The van der Waals surface area contributed by atoms with Crippen molar-refractivity contribution in [3.63, 3.8) is 0 Å². The average molecular weight is 456 g/mol. The third kappa shape index (κ3) is 4.73. The van der Waals surface area contributed by atoms with Gasteiger partial charge in [-0.15, -0.1) is 17.0 Å². The summed E-state index contributed by atoms with van der Waals surface area (Å²) >= 11 is 0. The van der Waals surface area contributed by atoms with Crippen molar-refractivity contribution in [2.24, 2.45) is 0 Å². The van der Waals surface area contributed by atoms with Gasteiger partial charge >= 0.3 is 0 Å². The van der Waals surface area contributed by atoms with Gasteiger partial charge in [0.25, 0.3) is 0 Å². The van der Waals surface area contributed by atoms with E-state index in [9.17, 15) is 0 Å². The Labute approximate surface area is 184 Å². The summed E-state index contributed by atoms with van der Waals surface area (Å²) in [7, 11) is 1.74. The van der Waals surface area contributed by atoms with Gasteiger partial charge in [0.2, 0.25) is 0 Å². The van der Waals surface area contributed by atoms with Crippen molar-refractivity contribution in [1.82, 2.24) is 14.7 Å². The smallest absolute Gasteiger partial charge is 0.126 e. The van der Waals surface area contributed by atoms with Gasteiger partial charge in [-0.1, -0.05) is 42.5 Å². The first-order chi connectivity index (χ1) is 13.7. The summed E-state index contributed by atoms with van der Waals surface area (Å²) in [5.74, 6) is 0.929. The summed E-state index contributed by atoms with van der Waals surface area (Å²) in [6.45, 7) is 7.41. The topological polar surface area (TPSA) is 30.3 Å². The van der Waals surface area contributed by atoms with Crippen LogP contribution in [0.4, 0.5) is 0 Å². The van der Waals surface area contributed by atoms with Crippen LogP contribution in [-0.4, -0.2) is 34.9 Å². The number of piperidine rings is 1. The third-order valence-corrected chi connectivity index (χ3v) is 5.76. The summed E-state index contributed by atoms with van der Waals surface area (Å²) in [5, 5.41) is 4.70. The van der Waals surface area contributed by atoms with Crippen LogP contribution < -0.4 is 4.74 Å². The Hall–Kier alpha value is -2.11. The lowest BCUT2D eigenvalue weighted by Crippen LogP contribution is -2.34. The fourth-order valence-corrected chi connectivity index (χ4v) is 4.37. The number of rotatable bonds is 5. The molecule has 1 aromatic heterocycles. The average Bonchev–Trinajstić information content (AvgIpc) is 3.07. The molecule has 1 saturated heterocycles. The third-order valence-electron chi connectivity index (χ3n) is 5.76. The number of hydrogen-bond acceptors (Lipinski definition) is 3. The van der Waals surface area contributed by atoms with Crippen molar-refractivity contribution >= 4 is 17.0 Å². The highest BCUT2D eigenvalue weighted by Crippen LogP contribution is 2.33. The fourth-order valence-electron chi connectivity index (χ4n) is 4.37. The second-order valence-electron chi connectivity index (χ2n) is 7.74. The molecule has 0 unspecified atom stereocenters. The summed E-state index contributed by atoms with van der Waals surface area (Å²) in [6, 6.07) is 19.7. The molecule has 154 valence electrons. The fraction of sp³-hybridized carbons (Fsp3) is 0.375. The van der Waals surface area contributed by atoms with Crippen LogP contribution in [0.15, 0.2) is 54.6 Å². The summed E-state index contributed by atoms with van der Waals surface area (Å²) in [5.41, 5.74) is 6.18. The van der Waals surface area contributed by atoms with Crippen LogP contribution in [0.5, 0.6) is 5.75 Å². The van der Waals surface area contributed by atoms with Crippen molar-refractivity contribution < 1.29 is 4.74 Å². The Kier molecular flexibility index (Phi) is 7.14. The van der Waals surface area contributed by atoms with E-state index in [0.717, 1.165) is 49.5 Å². The van der Waals surface area contributed by atoms with E-state index in [1.165, 1.54) is 16.8 Å². The molecular formula is C24H30BrN3O. The molecule has 0 saturated carbocycles. The largest absolute Gasteiger partial charge is 0.496 e. The Morgan fingerprint density at radius 3 is 2.28 bits per heavy atom. The van der Waals surface area contributed by atoms with Crippen LogP contribution >= 0.6 is 17.0 Å². The van der Waals surface area contributed by atoms with Crippen LogP contribution in [0.2, 0.25) is 0 Å². The van der Waals surface area contributed by atoms with Crippen LogP contribution in [0.3, 0.4) is 0 Å². The number of methoxy groups -OCH3 is 1. The summed E-state index contributed by atoms with van der Waals surface area (Å²) < 4.78 is 7.83. The van der Waals surface area contributed by atoms with E-state index in [2.05, 4.69) is 65.9 Å². The molecule has 1 fully saturated rings. The molecule has 2 aromatic carbocycles. The highest BCUT2D eigenvalue weighted by Gasteiger charge is 2.23. The molecule has 1 aliphatic rings. The predicted octanol–water partition coefficient (Wildman–Crippen LogP) is 5.59. The molecule has 0 amide bonds. The van der Waals surface area contributed by atoms with Crippen LogP contribution in [0.1, 0.15) is 35.8 Å². The zero-order valence-electron chi connectivity index (χ0n) is 17.5. The predicted molar refractivity (Wildman–Crippen MR) is 124 cm³/mol. The van der Waals surface area contributed by atoms with Crippen molar-refractivity contribution in [1.29, 1.82) is 0 Å². The Balaban J connectivity index is 0.00000240. The highest BCUT2D eigenvalue weighted by atomic mass is 79.9. The number of nitrogens with zero attached hydrogens (tertiary/aromatic N) is 3. The first-order valence-electron chi connectivity index (χ1n) is 10.1. The van der Waals surface area contributed by atoms with Gasteiger partial charge in [0, 0.05) is 30.9 Å². The van der Waals surface area contributed by atoms with Crippen molar-refractivity contribution in [3.8, 4) is 16.9 Å². The molecule has 0 spiro atoms. The lowest BCUT2D eigenvalue weighted by atomic mass is 9.97. The molecule has 0 N–H and O–H groups in total. The van der Waals surface area contributed by atoms with Gasteiger partial charge in [-0.2, -0.15) is 5.10 Å². The lowest BCUT2D eigenvalue weighted by molar-refractivity contribution is 0.172. The van der Waals surface area contributed by atoms with Crippen LogP contribution in [0, 0.1) is 13.8 Å². The van der Waals surface area contributed by atoms with E-state index >= 15 is 0 Å². The molecule has 0 bridgehead atoms. The highest BCUT2D eigenvalue weighted by molar-refractivity contribution is 8.93. The van der Waals surface area contributed by atoms with Crippen LogP contribution in [0.25, 0.3) is 11.1 Å². The molecule has 4 nitrogen and oxygen atoms in total. The number of halogens is 1. The monoisotopic (exact) mass is 455 g/mol.